The summed E-state index contributed by atoms with van der Waals surface area (Å²) in [7, 11) is 0. The van der Waals surface area contributed by atoms with Crippen LogP contribution in [0, 0.1) is 23.1 Å². The molecule has 7 nitrogen and oxygen atoms in total. The van der Waals surface area contributed by atoms with Crippen LogP contribution in [0.5, 0.6) is 5.75 Å². The molecule has 1 heterocycles. The van der Waals surface area contributed by atoms with Gasteiger partial charge in [-0.3, -0.25) is 0 Å². The van der Waals surface area contributed by atoms with Crippen molar-refractivity contribution in [1.29, 1.82) is 5.26 Å². The van der Waals surface area contributed by atoms with Crippen molar-refractivity contribution in [3.8, 4) is 22.9 Å². The number of nitrogens with two attached hydrogens (primary N) is 1. The topological polar surface area (TPSA) is 110 Å². The minimum absolute atomic E-state index is 0.120. The van der Waals surface area contributed by atoms with Crippen molar-refractivity contribution in [1.82, 2.24) is 10.3 Å². The Morgan fingerprint density at radius 1 is 1.28 bits per heavy atom. The molecule has 0 saturated heterocycles. The van der Waals surface area contributed by atoms with Crippen LogP contribution in [0.2, 0.25) is 0 Å². The number of nitrogen functional groups attached to an aromatic ring is 1. The monoisotopic (exact) mass is 442 g/mol. The zero-order valence-electron chi connectivity index (χ0n) is 19.5. The summed E-state index contributed by atoms with van der Waals surface area (Å²) in [6.45, 7) is 11.5. The summed E-state index contributed by atoms with van der Waals surface area (Å²) in [5.41, 5.74) is 5.16. The number of nitrogens with zero attached hydrogens (tertiary/aromatic N) is 2. The van der Waals surface area contributed by atoms with Gasteiger partial charge in [-0.25, -0.2) is 14.2 Å². The standard InChI is InChI=1S/C24H31FN4O3/c1-15(2)12-24(6,29-22(30)32-23(3,4)5)14-31-19-8-7-16(11-17(19)13-26)18-9-10-28-21(27)20(18)25/h7-11,15H,12,14H2,1-6H3,(H2,27,28)(H,29,30)/t24-/m0/s1. The molecule has 8 heteroatoms. The summed E-state index contributed by atoms with van der Waals surface area (Å²) in [6.07, 6.45) is 1.50. The molecular weight excluding hydrogens is 411 g/mol. The molecule has 1 aromatic heterocycles. The first-order chi connectivity index (χ1) is 14.8. The molecule has 2 aromatic rings. The lowest BCUT2D eigenvalue weighted by Gasteiger charge is -2.33. The summed E-state index contributed by atoms with van der Waals surface area (Å²) in [6, 6.07) is 8.36. The van der Waals surface area contributed by atoms with Crippen LogP contribution in [-0.2, 0) is 4.74 Å². The molecule has 0 saturated carbocycles. The Hall–Kier alpha value is -3.34. The molecule has 0 unspecified atom stereocenters. The highest BCUT2D eigenvalue weighted by Gasteiger charge is 2.31. The van der Waals surface area contributed by atoms with E-state index in [4.69, 9.17) is 15.2 Å². The molecule has 0 fully saturated rings. The average Bonchev–Trinajstić information content (AvgIpc) is 2.66. The third-order valence-electron chi connectivity index (χ3n) is 4.53. The zero-order chi connectivity index (χ0) is 24.1. The Morgan fingerprint density at radius 3 is 2.56 bits per heavy atom. The van der Waals surface area contributed by atoms with Crippen molar-refractivity contribution in [2.24, 2.45) is 5.92 Å². The fourth-order valence-corrected chi connectivity index (χ4v) is 3.43. The molecule has 1 atom stereocenters. The van der Waals surface area contributed by atoms with E-state index in [1.165, 1.54) is 18.3 Å². The zero-order valence-corrected chi connectivity index (χ0v) is 19.5. The Kier molecular flexibility index (Phi) is 7.68. The van der Waals surface area contributed by atoms with Crippen LogP contribution in [0.25, 0.3) is 11.1 Å². The molecule has 3 N–H and O–H groups in total. The van der Waals surface area contributed by atoms with E-state index in [1.54, 1.807) is 32.9 Å². The van der Waals surface area contributed by atoms with Crippen LogP contribution in [0.1, 0.15) is 53.5 Å². The minimum atomic E-state index is -0.729. The first kappa shape index (κ1) is 24.9. The number of carbonyl (C=O) groups is 1. The van der Waals surface area contributed by atoms with Gasteiger partial charge in [0.2, 0.25) is 0 Å². The van der Waals surface area contributed by atoms with Crippen LogP contribution in [-0.4, -0.2) is 28.8 Å². The van der Waals surface area contributed by atoms with Gasteiger partial charge in [0.15, 0.2) is 11.6 Å². The van der Waals surface area contributed by atoms with Gasteiger partial charge in [-0.2, -0.15) is 5.26 Å². The first-order valence-electron chi connectivity index (χ1n) is 10.4. The van der Waals surface area contributed by atoms with E-state index in [0.29, 0.717) is 17.7 Å². The second-order valence-electron chi connectivity index (χ2n) is 9.45. The Morgan fingerprint density at radius 2 is 1.97 bits per heavy atom. The highest BCUT2D eigenvalue weighted by molar-refractivity contribution is 5.70. The summed E-state index contributed by atoms with van der Waals surface area (Å²) in [5, 5.41) is 12.5. The van der Waals surface area contributed by atoms with Gasteiger partial charge in [0.05, 0.1) is 11.1 Å². The summed E-state index contributed by atoms with van der Waals surface area (Å²) < 4.78 is 25.7. The lowest BCUT2D eigenvalue weighted by atomic mass is 9.91. The third-order valence-corrected chi connectivity index (χ3v) is 4.53. The van der Waals surface area contributed by atoms with Crippen molar-refractivity contribution < 1.29 is 18.7 Å². The molecule has 1 aromatic carbocycles. The molecule has 0 bridgehead atoms. The van der Waals surface area contributed by atoms with Gasteiger partial charge in [-0.1, -0.05) is 19.9 Å². The van der Waals surface area contributed by atoms with E-state index >= 15 is 0 Å². The minimum Gasteiger partial charge on any atom is -0.490 e. The predicted octanol–water partition coefficient (Wildman–Crippen LogP) is 5.05. The predicted molar refractivity (Wildman–Crippen MR) is 121 cm³/mol. The molecular formula is C24H31FN4O3. The van der Waals surface area contributed by atoms with Crippen LogP contribution in [0.4, 0.5) is 15.0 Å². The molecule has 0 aliphatic heterocycles. The van der Waals surface area contributed by atoms with E-state index in [-0.39, 0.29) is 29.5 Å². The van der Waals surface area contributed by atoms with Gasteiger partial charge in [0, 0.05) is 11.8 Å². The fraction of sp³-hybridized carbons (Fsp3) is 0.458. The number of nitrogens with one attached hydrogen (secondary N) is 1. The fourth-order valence-electron chi connectivity index (χ4n) is 3.43. The maximum atomic E-state index is 14.3. The van der Waals surface area contributed by atoms with Gasteiger partial charge < -0.3 is 20.5 Å². The SMILES string of the molecule is CC(C)C[C@@](C)(COc1ccc(-c2ccnc(N)c2F)cc1C#N)NC(=O)OC(C)(C)C. The number of ether oxygens (including phenoxy) is 2. The van der Waals surface area contributed by atoms with Crippen LogP contribution in [0.15, 0.2) is 30.5 Å². The summed E-state index contributed by atoms with van der Waals surface area (Å²) in [5.74, 6) is -0.244. The number of carbonyl (C=O) groups excluding carboxylic acids is 1. The molecule has 2 rings (SSSR count). The van der Waals surface area contributed by atoms with E-state index in [1.807, 2.05) is 20.8 Å². The number of rotatable bonds is 7. The van der Waals surface area contributed by atoms with Gasteiger partial charge >= 0.3 is 6.09 Å². The largest absolute Gasteiger partial charge is 0.490 e. The second kappa shape index (κ2) is 9.86. The van der Waals surface area contributed by atoms with E-state index in [2.05, 4.69) is 16.4 Å². The lowest BCUT2D eigenvalue weighted by Crippen LogP contribution is -2.52. The number of aromatic nitrogens is 1. The quantitative estimate of drug-likeness (QED) is 0.621. The van der Waals surface area contributed by atoms with Crippen molar-refractivity contribution in [2.45, 2.75) is 59.1 Å². The third kappa shape index (κ3) is 6.84. The lowest BCUT2D eigenvalue weighted by molar-refractivity contribution is 0.0408. The van der Waals surface area contributed by atoms with E-state index in [9.17, 15) is 14.4 Å². The maximum Gasteiger partial charge on any atom is 0.408 e. The summed E-state index contributed by atoms with van der Waals surface area (Å²) in [4.78, 5) is 16.1. The Balaban J connectivity index is 2.24. The highest BCUT2D eigenvalue weighted by atomic mass is 19.1. The highest BCUT2D eigenvalue weighted by Crippen LogP contribution is 2.30. The molecule has 0 radical (unpaired) electrons. The van der Waals surface area contributed by atoms with E-state index < -0.39 is 23.1 Å². The molecule has 0 spiro atoms. The first-order valence-corrected chi connectivity index (χ1v) is 10.4. The number of anilines is 1. The van der Waals surface area contributed by atoms with Crippen molar-refractivity contribution in [2.75, 3.05) is 12.3 Å². The molecule has 0 aliphatic rings. The van der Waals surface area contributed by atoms with Crippen molar-refractivity contribution in [3.05, 3.63) is 41.8 Å². The summed E-state index contributed by atoms with van der Waals surface area (Å²) >= 11 is 0. The molecule has 32 heavy (non-hydrogen) atoms. The number of alkyl carbamates (subject to hydrolysis) is 1. The molecule has 0 aliphatic carbocycles. The number of pyridine rings is 1. The van der Waals surface area contributed by atoms with Gasteiger partial charge in [0.1, 0.15) is 24.0 Å². The van der Waals surface area contributed by atoms with Gasteiger partial charge in [0.25, 0.3) is 0 Å². The van der Waals surface area contributed by atoms with Crippen LogP contribution >= 0.6 is 0 Å². The van der Waals surface area contributed by atoms with Crippen molar-refractivity contribution in [3.63, 3.8) is 0 Å². The number of hydrogen-bond acceptors (Lipinski definition) is 6. The van der Waals surface area contributed by atoms with Crippen molar-refractivity contribution >= 4 is 11.9 Å². The smallest absolute Gasteiger partial charge is 0.408 e. The molecule has 172 valence electrons. The molecule has 1 amide bonds. The second-order valence-corrected chi connectivity index (χ2v) is 9.45. The Bertz CT molecular complexity index is 1010. The number of amides is 1. The number of nitriles is 1. The number of benzene rings is 1. The average molecular weight is 443 g/mol. The van der Waals surface area contributed by atoms with Crippen LogP contribution < -0.4 is 15.8 Å². The van der Waals surface area contributed by atoms with Crippen LogP contribution in [0.3, 0.4) is 0 Å². The normalized spacial score (nSPS) is 13.2. The number of hydrogen-bond donors (Lipinski definition) is 2. The maximum absolute atomic E-state index is 14.3. The number of halogens is 1. The van der Waals surface area contributed by atoms with E-state index in [0.717, 1.165) is 0 Å². The Labute approximate surface area is 188 Å². The van der Waals surface area contributed by atoms with Gasteiger partial charge in [-0.05, 0) is 63.8 Å². The van der Waals surface area contributed by atoms with Gasteiger partial charge in [-0.15, -0.1) is 0 Å².